The molecule has 1 aliphatic rings. The summed E-state index contributed by atoms with van der Waals surface area (Å²) < 4.78 is 0. The van der Waals surface area contributed by atoms with E-state index in [9.17, 15) is 9.59 Å². The summed E-state index contributed by atoms with van der Waals surface area (Å²) in [7, 11) is 0. The first-order valence-corrected chi connectivity index (χ1v) is 10.0. The first kappa shape index (κ1) is 18.6. The second-order valence-electron chi connectivity index (χ2n) is 7.19. The zero-order valence-electron chi connectivity index (χ0n) is 15.3. The maximum Gasteiger partial charge on any atom is 0.245 e. The highest BCUT2D eigenvalue weighted by Crippen LogP contribution is 2.29. The zero-order chi connectivity index (χ0) is 18.5. The van der Waals surface area contributed by atoms with Gasteiger partial charge in [0.25, 0.3) is 0 Å². The molecule has 26 heavy (non-hydrogen) atoms. The van der Waals surface area contributed by atoms with E-state index in [1.54, 1.807) is 4.90 Å². The van der Waals surface area contributed by atoms with Gasteiger partial charge in [-0.2, -0.15) is 0 Å². The van der Waals surface area contributed by atoms with Crippen LogP contribution in [0, 0.1) is 11.8 Å². The second-order valence-corrected chi connectivity index (χ2v) is 8.05. The molecule has 1 saturated carbocycles. The molecule has 1 heterocycles. The van der Waals surface area contributed by atoms with Crippen molar-refractivity contribution in [2.45, 2.75) is 33.1 Å². The fraction of sp³-hybridized carbons (Fsp3) is 0.450. The fourth-order valence-electron chi connectivity index (χ4n) is 2.99. The molecule has 138 valence electrons. The predicted octanol–water partition coefficient (Wildman–Crippen LogP) is 4.03. The molecule has 0 spiro atoms. The highest BCUT2D eigenvalue weighted by atomic mass is 32.1. The molecule has 1 fully saturated rings. The van der Waals surface area contributed by atoms with Gasteiger partial charge >= 0.3 is 0 Å². The van der Waals surface area contributed by atoms with Gasteiger partial charge in [0.1, 0.15) is 0 Å². The normalized spacial score (nSPS) is 14.1. The Hall–Kier alpha value is -2.21. The van der Waals surface area contributed by atoms with E-state index >= 15 is 0 Å². The Balaban J connectivity index is 1.61. The molecular weight excluding hydrogens is 346 g/mol. The topological polar surface area (TPSA) is 62.3 Å². The molecule has 2 amide bonds. The summed E-state index contributed by atoms with van der Waals surface area (Å²) in [5.74, 6) is 0.360. The number of nitrogens with zero attached hydrogens (tertiary/aromatic N) is 2. The summed E-state index contributed by atoms with van der Waals surface area (Å²) in [6.07, 6.45) is 3.00. The summed E-state index contributed by atoms with van der Waals surface area (Å²) in [5, 5.41) is 5.33. The molecule has 0 atom stereocenters. The van der Waals surface area contributed by atoms with Crippen LogP contribution in [0.3, 0.4) is 0 Å². The number of hydrogen-bond donors (Lipinski definition) is 1. The Kier molecular flexibility index (Phi) is 6.04. The van der Waals surface area contributed by atoms with Crippen LogP contribution in [0.2, 0.25) is 0 Å². The van der Waals surface area contributed by atoms with Crippen molar-refractivity contribution < 1.29 is 9.59 Å². The molecule has 0 saturated heterocycles. The summed E-state index contributed by atoms with van der Waals surface area (Å²) in [5.41, 5.74) is 1.86. The lowest BCUT2D eigenvalue weighted by Gasteiger charge is -2.32. The van der Waals surface area contributed by atoms with E-state index in [-0.39, 0.29) is 24.3 Å². The van der Waals surface area contributed by atoms with Crippen LogP contribution in [0.1, 0.15) is 33.1 Å². The lowest BCUT2D eigenvalue weighted by molar-refractivity contribution is -0.141. The van der Waals surface area contributed by atoms with Crippen LogP contribution in [0.5, 0.6) is 0 Å². The van der Waals surface area contributed by atoms with Crippen molar-refractivity contribution in [3.63, 3.8) is 0 Å². The van der Waals surface area contributed by atoms with Gasteiger partial charge in [0.2, 0.25) is 11.8 Å². The van der Waals surface area contributed by atoms with Crippen LogP contribution in [-0.4, -0.2) is 34.8 Å². The van der Waals surface area contributed by atoms with Gasteiger partial charge in [0.05, 0.1) is 12.2 Å². The fourth-order valence-corrected chi connectivity index (χ4v) is 3.73. The number of benzene rings is 1. The number of rotatable bonds is 7. The van der Waals surface area contributed by atoms with Crippen LogP contribution < -0.4 is 5.32 Å². The Morgan fingerprint density at radius 1 is 1.27 bits per heavy atom. The summed E-state index contributed by atoms with van der Waals surface area (Å²) in [4.78, 5) is 31.2. The van der Waals surface area contributed by atoms with Crippen molar-refractivity contribution in [2.24, 2.45) is 11.8 Å². The molecule has 2 aromatic rings. The van der Waals surface area contributed by atoms with Crippen LogP contribution in [0.25, 0.3) is 11.3 Å². The molecular formula is C20H25N3O2S. The largest absolute Gasteiger partial charge is 0.333 e. The van der Waals surface area contributed by atoms with E-state index in [1.165, 1.54) is 11.3 Å². The molecule has 0 aliphatic heterocycles. The number of thiazole rings is 1. The summed E-state index contributed by atoms with van der Waals surface area (Å²) in [6.45, 7) is 4.82. The number of hydrogen-bond acceptors (Lipinski definition) is 4. The maximum absolute atomic E-state index is 12.6. The third kappa shape index (κ3) is 4.69. The summed E-state index contributed by atoms with van der Waals surface area (Å²) in [6, 6.07) is 9.86. The lowest BCUT2D eigenvalue weighted by atomic mass is 9.84. The van der Waals surface area contributed by atoms with Crippen LogP contribution in [0.4, 0.5) is 5.13 Å². The van der Waals surface area contributed by atoms with Gasteiger partial charge in [0.15, 0.2) is 5.13 Å². The second kappa shape index (κ2) is 8.45. The first-order valence-electron chi connectivity index (χ1n) is 9.12. The zero-order valence-corrected chi connectivity index (χ0v) is 16.1. The smallest absolute Gasteiger partial charge is 0.245 e. The van der Waals surface area contributed by atoms with Crippen molar-refractivity contribution in [1.29, 1.82) is 0 Å². The number of carbonyl (C=O) groups is 2. The molecule has 1 N–H and O–H groups in total. The molecule has 1 aromatic heterocycles. The third-order valence-corrected chi connectivity index (χ3v) is 5.26. The quantitative estimate of drug-likeness (QED) is 0.799. The number of amides is 2. The van der Waals surface area contributed by atoms with E-state index < -0.39 is 0 Å². The average Bonchev–Trinajstić information content (AvgIpc) is 3.01. The minimum absolute atomic E-state index is 0.0910. The molecule has 0 bridgehead atoms. The molecule has 1 aliphatic carbocycles. The van der Waals surface area contributed by atoms with E-state index in [0.717, 1.165) is 30.5 Å². The molecule has 5 nitrogen and oxygen atoms in total. The number of aromatic nitrogens is 1. The van der Waals surface area contributed by atoms with Crippen molar-refractivity contribution in [3.05, 3.63) is 35.7 Å². The third-order valence-electron chi connectivity index (χ3n) is 4.51. The first-order chi connectivity index (χ1) is 12.5. The van der Waals surface area contributed by atoms with Crippen molar-refractivity contribution in [1.82, 2.24) is 9.88 Å². The monoisotopic (exact) mass is 371 g/mol. The molecule has 6 heteroatoms. The van der Waals surface area contributed by atoms with E-state index in [1.807, 2.05) is 35.7 Å². The van der Waals surface area contributed by atoms with Crippen LogP contribution in [-0.2, 0) is 9.59 Å². The number of anilines is 1. The van der Waals surface area contributed by atoms with Crippen LogP contribution in [0.15, 0.2) is 35.7 Å². The molecule has 3 rings (SSSR count). The standard InChI is InChI=1S/C20H25N3O2S/c1-14(2)11-23(19(25)16-9-6-10-16)12-18(24)22-20-21-17(13-26-20)15-7-4-3-5-8-15/h3-5,7-8,13-14,16H,6,9-12H2,1-2H3,(H,21,22,24). The Morgan fingerprint density at radius 2 is 2.00 bits per heavy atom. The minimum atomic E-state index is -0.188. The number of carbonyl (C=O) groups excluding carboxylic acids is 2. The Morgan fingerprint density at radius 3 is 2.62 bits per heavy atom. The van der Waals surface area contributed by atoms with Gasteiger partial charge < -0.3 is 10.2 Å². The van der Waals surface area contributed by atoms with E-state index in [2.05, 4.69) is 24.1 Å². The van der Waals surface area contributed by atoms with Gasteiger partial charge in [-0.05, 0) is 18.8 Å². The highest BCUT2D eigenvalue weighted by molar-refractivity contribution is 7.14. The summed E-state index contributed by atoms with van der Waals surface area (Å²) >= 11 is 1.40. The van der Waals surface area contributed by atoms with Crippen molar-refractivity contribution >= 4 is 28.3 Å². The van der Waals surface area contributed by atoms with E-state index in [0.29, 0.717) is 17.6 Å². The van der Waals surface area contributed by atoms with Crippen LogP contribution >= 0.6 is 11.3 Å². The predicted molar refractivity (Wildman–Crippen MR) is 105 cm³/mol. The minimum Gasteiger partial charge on any atom is -0.333 e. The lowest BCUT2D eigenvalue weighted by Crippen LogP contribution is -2.44. The number of nitrogens with one attached hydrogen (secondary N) is 1. The van der Waals surface area contributed by atoms with Crippen molar-refractivity contribution in [3.8, 4) is 11.3 Å². The molecule has 1 aromatic carbocycles. The Labute approximate surface area is 158 Å². The highest BCUT2D eigenvalue weighted by Gasteiger charge is 2.30. The van der Waals surface area contributed by atoms with Gasteiger partial charge in [-0.3, -0.25) is 9.59 Å². The van der Waals surface area contributed by atoms with E-state index in [4.69, 9.17) is 0 Å². The van der Waals surface area contributed by atoms with Gasteiger partial charge in [-0.25, -0.2) is 4.98 Å². The van der Waals surface area contributed by atoms with Crippen molar-refractivity contribution in [2.75, 3.05) is 18.4 Å². The Bertz CT molecular complexity index is 753. The SMILES string of the molecule is CC(C)CN(CC(=O)Nc1nc(-c2ccccc2)cs1)C(=O)C1CCC1. The van der Waals surface area contributed by atoms with Gasteiger partial charge in [0, 0.05) is 23.4 Å². The maximum atomic E-state index is 12.6. The van der Waals surface area contributed by atoms with Gasteiger partial charge in [-0.1, -0.05) is 50.6 Å². The average molecular weight is 372 g/mol. The molecule has 0 radical (unpaired) electrons. The van der Waals surface area contributed by atoms with Gasteiger partial charge in [-0.15, -0.1) is 11.3 Å². The molecule has 0 unspecified atom stereocenters.